The number of hydrogen-bond donors (Lipinski definition) is 0. The van der Waals surface area contributed by atoms with E-state index < -0.39 is 0 Å². The van der Waals surface area contributed by atoms with E-state index in [4.69, 9.17) is 0 Å². The zero-order valence-electron chi connectivity index (χ0n) is 15.6. The molecule has 0 radical (unpaired) electrons. The van der Waals surface area contributed by atoms with Crippen molar-refractivity contribution in [3.05, 3.63) is 29.8 Å². The smallest absolute Gasteiger partial charge is 0.234 e. The van der Waals surface area contributed by atoms with Gasteiger partial charge in [-0.15, -0.1) is 0 Å². The van der Waals surface area contributed by atoms with Crippen LogP contribution < -0.4 is 4.90 Å². The third-order valence-electron chi connectivity index (χ3n) is 6.73. The summed E-state index contributed by atoms with van der Waals surface area (Å²) in [5, 5.41) is 0. The largest absolute Gasteiger partial charge is 0.308 e. The number of anilines is 1. The molecular formula is C22H32N2O. The molecule has 1 amide bonds. The first-order chi connectivity index (χ1) is 12.3. The predicted molar refractivity (Wildman–Crippen MR) is 103 cm³/mol. The van der Waals surface area contributed by atoms with E-state index in [-0.39, 0.29) is 5.92 Å². The van der Waals surface area contributed by atoms with E-state index in [0.29, 0.717) is 11.9 Å². The number of piperidine rings is 1. The first-order valence-corrected chi connectivity index (χ1v) is 10.4. The molecule has 2 aliphatic heterocycles. The zero-order valence-corrected chi connectivity index (χ0v) is 15.6. The maximum Gasteiger partial charge on any atom is 0.234 e. The van der Waals surface area contributed by atoms with E-state index in [1.807, 2.05) is 0 Å². The number of carbonyl (C=O) groups excluding carboxylic acids is 1. The van der Waals surface area contributed by atoms with Crippen molar-refractivity contribution >= 4 is 11.6 Å². The molecule has 136 valence electrons. The number of carbonyl (C=O) groups is 1. The summed E-state index contributed by atoms with van der Waals surface area (Å²) in [7, 11) is 0. The van der Waals surface area contributed by atoms with Gasteiger partial charge in [0.05, 0.1) is 5.92 Å². The molecule has 3 heteroatoms. The number of nitrogens with zero attached hydrogens (tertiary/aromatic N) is 2. The van der Waals surface area contributed by atoms with Crippen LogP contribution in [0.1, 0.15) is 76.2 Å². The van der Waals surface area contributed by atoms with E-state index in [1.54, 1.807) is 0 Å². The third kappa shape index (κ3) is 3.36. The van der Waals surface area contributed by atoms with E-state index >= 15 is 0 Å². The highest BCUT2D eigenvalue weighted by molar-refractivity contribution is 6.05. The molecule has 1 unspecified atom stereocenters. The molecule has 4 rings (SSSR count). The monoisotopic (exact) mass is 340 g/mol. The SMILES string of the molecule is CC1C(=O)N(C2CCN(C3CCCCCCC3)CC2)c2ccccc21. The molecule has 0 N–H and O–H groups in total. The lowest BCUT2D eigenvalue weighted by Gasteiger charge is -2.41. The minimum atomic E-state index is 0.0276. The summed E-state index contributed by atoms with van der Waals surface area (Å²) in [5.41, 5.74) is 2.39. The molecule has 2 fully saturated rings. The van der Waals surface area contributed by atoms with Crippen molar-refractivity contribution in [3.63, 3.8) is 0 Å². The van der Waals surface area contributed by atoms with Crippen molar-refractivity contribution < 1.29 is 4.79 Å². The Bertz CT molecular complexity index is 598. The molecule has 3 nitrogen and oxygen atoms in total. The van der Waals surface area contributed by atoms with Gasteiger partial charge in [-0.3, -0.25) is 4.79 Å². The first-order valence-electron chi connectivity index (χ1n) is 10.4. The van der Waals surface area contributed by atoms with Crippen LogP contribution in [-0.2, 0) is 4.79 Å². The quantitative estimate of drug-likeness (QED) is 0.778. The second-order valence-electron chi connectivity index (χ2n) is 8.25. The number of likely N-dealkylation sites (tertiary alicyclic amines) is 1. The minimum Gasteiger partial charge on any atom is -0.308 e. The van der Waals surface area contributed by atoms with Crippen molar-refractivity contribution in [3.8, 4) is 0 Å². The van der Waals surface area contributed by atoms with Gasteiger partial charge < -0.3 is 9.80 Å². The van der Waals surface area contributed by atoms with Crippen LogP contribution in [0.3, 0.4) is 0 Å². The molecule has 25 heavy (non-hydrogen) atoms. The highest BCUT2D eigenvalue weighted by Gasteiger charge is 2.39. The fraction of sp³-hybridized carbons (Fsp3) is 0.682. The molecule has 0 aromatic heterocycles. The Balaban J connectivity index is 1.41. The molecule has 3 aliphatic rings. The van der Waals surface area contributed by atoms with Crippen LogP contribution in [-0.4, -0.2) is 36.0 Å². The molecule has 1 aromatic rings. The predicted octanol–water partition coefficient (Wildman–Crippen LogP) is 4.71. The molecule has 0 spiro atoms. The summed E-state index contributed by atoms with van der Waals surface area (Å²) in [6, 6.07) is 9.58. The van der Waals surface area contributed by atoms with E-state index in [2.05, 4.69) is 41.0 Å². The van der Waals surface area contributed by atoms with Crippen molar-refractivity contribution in [2.24, 2.45) is 0 Å². The summed E-state index contributed by atoms with van der Waals surface area (Å²) in [4.78, 5) is 17.7. The highest BCUT2D eigenvalue weighted by Crippen LogP contribution is 2.40. The average Bonchev–Trinajstić information content (AvgIpc) is 2.87. The molecular weight excluding hydrogens is 308 g/mol. The fourth-order valence-corrected chi connectivity index (χ4v) is 5.22. The Morgan fingerprint density at radius 3 is 2.20 bits per heavy atom. The Labute approximate surface area is 152 Å². The number of hydrogen-bond acceptors (Lipinski definition) is 2. The molecule has 1 aliphatic carbocycles. The molecule has 1 aromatic carbocycles. The number of benzene rings is 1. The van der Waals surface area contributed by atoms with Crippen LogP contribution >= 0.6 is 0 Å². The Hall–Kier alpha value is -1.35. The van der Waals surface area contributed by atoms with Gasteiger partial charge in [-0.2, -0.15) is 0 Å². The molecule has 2 heterocycles. The summed E-state index contributed by atoms with van der Waals surface area (Å²) in [6.07, 6.45) is 12.1. The van der Waals surface area contributed by atoms with Gasteiger partial charge >= 0.3 is 0 Å². The number of amides is 1. The molecule has 1 saturated carbocycles. The topological polar surface area (TPSA) is 23.6 Å². The second kappa shape index (κ2) is 7.49. The van der Waals surface area contributed by atoms with Gasteiger partial charge in [-0.05, 0) is 44.2 Å². The number of rotatable bonds is 2. The maximum absolute atomic E-state index is 12.8. The van der Waals surface area contributed by atoms with Crippen molar-refractivity contribution in [2.75, 3.05) is 18.0 Å². The van der Waals surface area contributed by atoms with Crippen LogP contribution in [0.4, 0.5) is 5.69 Å². The highest BCUT2D eigenvalue weighted by atomic mass is 16.2. The van der Waals surface area contributed by atoms with Crippen molar-refractivity contribution in [2.45, 2.75) is 82.7 Å². The van der Waals surface area contributed by atoms with E-state index in [1.165, 1.54) is 56.2 Å². The van der Waals surface area contributed by atoms with Crippen LogP contribution in [0.2, 0.25) is 0 Å². The lowest BCUT2D eigenvalue weighted by atomic mass is 9.93. The molecule has 0 bridgehead atoms. The number of para-hydroxylation sites is 1. The minimum absolute atomic E-state index is 0.0276. The van der Waals surface area contributed by atoms with Crippen LogP contribution in [0.5, 0.6) is 0 Å². The summed E-state index contributed by atoms with van der Waals surface area (Å²) in [6.45, 7) is 4.39. The van der Waals surface area contributed by atoms with Gasteiger partial charge in [0.15, 0.2) is 0 Å². The molecule has 1 saturated heterocycles. The third-order valence-corrected chi connectivity index (χ3v) is 6.73. The van der Waals surface area contributed by atoms with Gasteiger partial charge in [0.2, 0.25) is 5.91 Å². The van der Waals surface area contributed by atoms with Gasteiger partial charge in [0.25, 0.3) is 0 Å². The van der Waals surface area contributed by atoms with E-state index in [9.17, 15) is 4.79 Å². The van der Waals surface area contributed by atoms with Gasteiger partial charge in [0, 0.05) is 30.9 Å². The van der Waals surface area contributed by atoms with Gasteiger partial charge in [-0.25, -0.2) is 0 Å². The fourth-order valence-electron chi connectivity index (χ4n) is 5.22. The number of fused-ring (bicyclic) bond motifs is 1. The molecule has 1 atom stereocenters. The first kappa shape index (κ1) is 17.1. The lowest BCUT2D eigenvalue weighted by Crippen LogP contribution is -2.49. The van der Waals surface area contributed by atoms with Crippen LogP contribution in [0.15, 0.2) is 24.3 Å². The Morgan fingerprint density at radius 1 is 0.840 bits per heavy atom. The lowest BCUT2D eigenvalue weighted by molar-refractivity contribution is -0.119. The Kier molecular flexibility index (Phi) is 5.12. The average molecular weight is 341 g/mol. The van der Waals surface area contributed by atoms with Gasteiger partial charge in [-0.1, -0.05) is 50.3 Å². The van der Waals surface area contributed by atoms with E-state index in [0.717, 1.165) is 32.0 Å². The van der Waals surface area contributed by atoms with Gasteiger partial charge in [0.1, 0.15) is 0 Å². The summed E-state index contributed by atoms with van der Waals surface area (Å²) in [5.74, 6) is 0.338. The summed E-state index contributed by atoms with van der Waals surface area (Å²) >= 11 is 0. The van der Waals surface area contributed by atoms with Crippen LogP contribution in [0, 0.1) is 0 Å². The normalized spacial score (nSPS) is 27.2. The zero-order chi connectivity index (χ0) is 17.2. The second-order valence-corrected chi connectivity index (χ2v) is 8.25. The van der Waals surface area contributed by atoms with Crippen molar-refractivity contribution in [1.29, 1.82) is 0 Å². The standard InChI is InChI=1S/C22H32N2O/c1-17-20-11-7-8-12-21(20)24(22(17)25)19-13-15-23(16-14-19)18-9-5-3-2-4-6-10-18/h7-8,11-12,17-19H,2-6,9-10,13-16H2,1H3. The maximum atomic E-state index is 12.8. The van der Waals surface area contributed by atoms with Crippen molar-refractivity contribution in [1.82, 2.24) is 4.90 Å². The summed E-state index contributed by atoms with van der Waals surface area (Å²) < 4.78 is 0. The van der Waals surface area contributed by atoms with Crippen LogP contribution in [0.25, 0.3) is 0 Å². The Morgan fingerprint density at radius 2 is 1.48 bits per heavy atom.